The van der Waals surface area contributed by atoms with Gasteiger partial charge < -0.3 is 5.32 Å². The number of rotatable bonds is 2. The molecule has 0 amide bonds. The van der Waals surface area contributed by atoms with Crippen molar-refractivity contribution in [3.8, 4) is 0 Å². The monoisotopic (exact) mass is 229 g/mol. The topological polar surface area (TPSA) is 12.0 Å². The lowest BCUT2D eigenvalue weighted by Gasteiger charge is -2.30. The van der Waals surface area contributed by atoms with Gasteiger partial charge in [0, 0.05) is 6.04 Å². The van der Waals surface area contributed by atoms with Gasteiger partial charge in [0.15, 0.2) is 0 Å². The summed E-state index contributed by atoms with van der Waals surface area (Å²) in [7, 11) is 0. The molecule has 1 saturated heterocycles. The van der Waals surface area contributed by atoms with Crippen molar-refractivity contribution < 1.29 is 0 Å². The van der Waals surface area contributed by atoms with Crippen LogP contribution in [0, 0.1) is 5.92 Å². The molecule has 1 saturated carbocycles. The van der Waals surface area contributed by atoms with E-state index in [1.54, 1.807) is 5.56 Å². The predicted molar refractivity (Wildman–Crippen MR) is 72.2 cm³/mol. The van der Waals surface area contributed by atoms with Crippen LogP contribution in [0.15, 0.2) is 24.3 Å². The first-order chi connectivity index (χ1) is 8.33. The van der Waals surface area contributed by atoms with Crippen LogP contribution in [0.2, 0.25) is 0 Å². The normalized spacial score (nSPS) is 29.9. The van der Waals surface area contributed by atoms with Crippen molar-refractivity contribution in [3.05, 3.63) is 35.4 Å². The molecule has 0 bridgehead atoms. The van der Waals surface area contributed by atoms with E-state index in [9.17, 15) is 0 Å². The zero-order valence-electron chi connectivity index (χ0n) is 10.8. The van der Waals surface area contributed by atoms with E-state index in [2.05, 4.69) is 36.5 Å². The average Bonchev–Trinajstić information content (AvgIpc) is 2.27. The summed E-state index contributed by atoms with van der Waals surface area (Å²) in [6, 6.07) is 9.93. The van der Waals surface area contributed by atoms with Crippen LogP contribution in [0.1, 0.15) is 62.1 Å². The van der Waals surface area contributed by atoms with E-state index < -0.39 is 0 Å². The Morgan fingerprint density at radius 1 is 1.12 bits per heavy atom. The van der Waals surface area contributed by atoms with E-state index in [1.807, 2.05) is 0 Å². The summed E-state index contributed by atoms with van der Waals surface area (Å²) in [6.45, 7) is 3.56. The summed E-state index contributed by atoms with van der Waals surface area (Å²) in [5.74, 6) is 1.73. The summed E-state index contributed by atoms with van der Waals surface area (Å²) in [4.78, 5) is 0. The minimum atomic E-state index is 0.596. The lowest BCUT2D eigenvalue weighted by atomic mass is 9.79. The Hall–Kier alpha value is -0.820. The maximum absolute atomic E-state index is 3.67. The lowest BCUT2D eigenvalue weighted by Crippen LogP contribution is -2.30. The highest BCUT2D eigenvalue weighted by Crippen LogP contribution is 2.37. The Kier molecular flexibility index (Phi) is 3.19. The van der Waals surface area contributed by atoms with E-state index in [4.69, 9.17) is 0 Å². The first-order valence-electron chi connectivity index (χ1n) is 7.16. The lowest BCUT2D eigenvalue weighted by molar-refractivity contribution is 0.325. The number of hydrogen-bond donors (Lipinski definition) is 1. The molecule has 1 nitrogen and oxygen atoms in total. The average molecular weight is 229 g/mol. The molecule has 1 aromatic rings. The van der Waals surface area contributed by atoms with Crippen molar-refractivity contribution in [2.45, 2.75) is 51.0 Å². The van der Waals surface area contributed by atoms with Crippen molar-refractivity contribution >= 4 is 0 Å². The van der Waals surface area contributed by atoms with Gasteiger partial charge in [0.25, 0.3) is 0 Å². The van der Waals surface area contributed by atoms with Gasteiger partial charge in [-0.25, -0.2) is 0 Å². The second-order valence-corrected chi connectivity index (χ2v) is 5.93. The van der Waals surface area contributed by atoms with Crippen LogP contribution in [0.3, 0.4) is 0 Å². The van der Waals surface area contributed by atoms with Gasteiger partial charge in [-0.2, -0.15) is 0 Å². The summed E-state index contributed by atoms with van der Waals surface area (Å²) >= 11 is 0. The van der Waals surface area contributed by atoms with E-state index in [0.29, 0.717) is 6.04 Å². The van der Waals surface area contributed by atoms with Crippen LogP contribution in [0.5, 0.6) is 0 Å². The van der Waals surface area contributed by atoms with Crippen LogP contribution < -0.4 is 5.32 Å². The highest BCUT2D eigenvalue weighted by molar-refractivity contribution is 5.30. The molecule has 2 fully saturated rings. The summed E-state index contributed by atoms with van der Waals surface area (Å²) in [6.07, 6.45) is 6.86. The van der Waals surface area contributed by atoms with Crippen molar-refractivity contribution in [2.75, 3.05) is 6.54 Å². The van der Waals surface area contributed by atoms with Gasteiger partial charge in [0.1, 0.15) is 0 Å². The molecule has 92 valence electrons. The van der Waals surface area contributed by atoms with Crippen LogP contribution >= 0.6 is 0 Å². The molecule has 2 aliphatic rings. The molecule has 17 heavy (non-hydrogen) atoms. The first-order valence-corrected chi connectivity index (χ1v) is 7.16. The molecule has 2 unspecified atom stereocenters. The molecule has 1 heterocycles. The fourth-order valence-electron chi connectivity index (χ4n) is 3.13. The third-order valence-electron chi connectivity index (χ3n) is 4.56. The van der Waals surface area contributed by atoms with E-state index in [0.717, 1.165) is 11.8 Å². The predicted octanol–water partition coefficient (Wildman–Crippen LogP) is 4.01. The fourth-order valence-corrected chi connectivity index (χ4v) is 3.13. The second kappa shape index (κ2) is 4.81. The molecule has 1 N–H and O–H groups in total. The minimum Gasteiger partial charge on any atom is -0.310 e. The maximum Gasteiger partial charge on any atom is 0.0322 e. The second-order valence-electron chi connectivity index (χ2n) is 5.93. The Balaban J connectivity index is 1.77. The number of nitrogens with one attached hydrogen (secondary N) is 1. The highest BCUT2D eigenvalue weighted by Gasteiger charge is 2.22. The molecule has 1 aromatic carbocycles. The van der Waals surface area contributed by atoms with Gasteiger partial charge >= 0.3 is 0 Å². The van der Waals surface area contributed by atoms with Crippen molar-refractivity contribution in [2.24, 2.45) is 5.92 Å². The molecule has 3 rings (SSSR count). The Morgan fingerprint density at radius 3 is 2.65 bits per heavy atom. The Morgan fingerprint density at radius 2 is 1.94 bits per heavy atom. The molecule has 1 heteroatoms. The highest BCUT2D eigenvalue weighted by atomic mass is 14.9. The zero-order valence-corrected chi connectivity index (χ0v) is 10.8. The zero-order chi connectivity index (χ0) is 11.7. The summed E-state index contributed by atoms with van der Waals surface area (Å²) in [5.41, 5.74) is 3.09. The molecule has 0 aromatic heterocycles. The van der Waals surface area contributed by atoms with Crippen LogP contribution in [0.4, 0.5) is 0 Å². The number of piperidine rings is 1. The third kappa shape index (κ3) is 2.40. The van der Waals surface area contributed by atoms with Gasteiger partial charge in [-0.1, -0.05) is 37.6 Å². The van der Waals surface area contributed by atoms with E-state index in [-0.39, 0.29) is 0 Å². The van der Waals surface area contributed by atoms with Gasteiger partial charge in [-0.15, -0.1) is 0 Å². The van der Waals surface area contributed by atoms with Crippen LogP contribution in [-0.2, 0) is 0 Å². The van der Waals surface area contributed by atoms with Crippen LogP contribution in [0.25, 0.3) is 0 Å². The molecule has 0 spiro atoms. The SMILES string of the molecule is CC1CCNC(c2cccc(C3CCC3)c2)C1. The minimum absolute atomic E-state index is 0.596. The molecule has 2 atom stereocenters. The standard InChI is InChI=1S/C16H23N/c1-12-8-9-17-16(10-12)15-7-3-6-14(11-15)13-4-2-5-13/h3,6-7,11-13,16-17H,2,4-5,8-10H2,1H3. The molecule has 0 radical (unpaired) electrons. The van der Waals surface area contributed by atoms with Crippen LogP contribution in [-0.4, -0.2) is 6.54 Å². The van der Waals surface area contributed by atoms with E-state index in [1.165, 1.54) is 44.2 Å². The third-order valence-corrected chi connectivity index (χ3v) is 4.56. The molecular formula is C16H23N. The molecule has 1 aliphatic carbocycles. The summed E-state index contributed by atoms with van der Waals surface area (Å²) in [5, 5.41) is 3.67. The van der Waals surface area contributed by atoms with Gasteiger partial charge in [-0.05, 0) is 55.2 Å². The van der Waals surface area contributed by atoms with Crippen molar-refractivity contribution in [1.82, 2.24) is 5.32 Å². The van der Waals surface area contributed by atoms with Gasteiger partial charge in [0.05, 0.1) is 0 Å². The van der Waals surface area contributed by atoms with Crippen molar-refractivity contribution in [3.63, 3.8) is 0 Å². The first kappa shape index (κ1) is 11.3. The van der Waals surface area contributed by atoms with E-state index >= 15 is 0 Å². The van der Waals surface area contributed by atoms with Gasteiger partial charge in [0.2, 0.25) is 0 Å². The largest absolute Gasteiger partial charge is 0.310 e. The smallest absolute Gasteiger partial charge is 0.0322 e. The quantitative estimate of drug-likeness (QED) is 0.808. The Labute approximate surface area is 105 Å². The van der Waals surface area contributed by atoms with Crippen molar-refractivity contribution in [1.29, 1.82) is 0 Å². The maximum atomic E-state index is 3.67. The number of benzene rings is 1. The van der Waals surface area contributed by atoms with Gasteiger partial charge in [-0.3, -0.25) is 0 Å². The Bertz CT molecular complexity index is 381. The molecular weight excluding hydrogens is 206 g/mol. The summed E-state index contributed by atoms with van der Waals surface area (Å²) < 4.78 is 0. The fraction of sp³-hybridized carbons (Fsp3) is 0.625. The molecule has 1 aliphatic heterocycles. The number of hydrogen-bond acceptors (Lipinski definition) is 1.